The van der Waals surface area contributed by atoms with Gasteiger partial charge in [0, 0.05) is 4.47 Å². The lowest BCUT2D eigenvalue weighted by atomic mass is 10.1. The molecule has 0 saturated carbocycles. The van der Waals surface area contributed by atoms with E-state index in [2.05, 4.69) is 15.9 Å². The molecule has 74 valence electrons. The Bertz CT molecular complexity index is 406. The van der Waals surface area contributed by atoms with Gasteiger partial charge in [-0.25, -0.2) is 0 Å². The molecule has 14 heavy (non-hydrogen) atoms. The molecule has 0 saturated heterocycles. The summed E-state index contributed by atoms with van der Waals surface area (Å²) in [4.78, 5) is 0. The van der Waals surface area contributed by atoms with E-state index in [1.54, 1.807) is 0 Å². The van der Waals surface area contributed by atoms with E-state index in [9.17, 15) is 13.2 Å². The van der Waals surface area contributed by atoms with Gasteiger partial charge in [-0.3, -0.25) is 0 Å². The van der Waals surface area contributed by atoms with Crippen LogP contribution < -0.4 is 5.73 Å². The SMILES string of the molecule is N#Cc1ccc(Br)c(N)c1C(F)(F)F. The van der Waals surface area contributed by atoms with Gasteiger partial charge in [0.25, 0.3) is 0 Å². The monoisotopic (exact) mass is 264 g/mol. The zero-order valence-electron chi connectivity index (χ0n) is 6.69. The van der Waals surface area contributed by atoms with Gasteiger partial charge in [0.1, 0.15) is 0 Å². The van der Waals surface area contributed by atoms with Crippen LogP contribution in [-0.2, 0) is 6.18 Å². The maximum atomic E-state index is 12.4. The minimum atomic E-state index is -4.61. The number of hydrogen-bond donors (Lipinski definition) is 1. The van der Waals surface area contributed by atoms with Crippen LogP contribution in [0.1, 0.15) is 11.1 Å². The van der Waals surface area contributed by atoms with Crippen LogP contribution in [-0.4, -0.2) is 0 Å². The summed E-state index contributed by atoms with van der Waals surface area (Å²) in [5.74, 6) is 0. The number of hydrogen-bond acceptors (Lipinski definition) is 2. The Balaban J connectivity index is 3.54. The Kier molecular flexibility index (Phi) is 2.71. The molecule has 0 unspecified atom stereocenters. The highest BCUT2D eigenvalue weighted by Gasteiger charge is 2.36. The van der Waals surface area contributed by atoms with Crippen LogP contribution in [0.4, 0.5) is 18.9 Å². The zero-order chi connectivity index (χ0) is 10.9. The van der Waals surface area contributed by atoms with Crippen molar-refractivity contribution in [1.29, 1.82) is 5.26 Å². The Labute approximate surface area is 86.3 Å². The number of benzene rings is 1. The highest BCUT2D eigenvalue weighted by Crippen LogP contribution is 2.39. The van der Waals surface area contributed by atoms with Crippen molar-refractivity contribution in [2.24, 2.45) is 0 Å². The Morgan fingerprint density at radius 2 is 1.93 bits per heavy atom. The average Bonchev–Trinajstić information content (AvgIpc) is 2.07. The molecule has 0 atom stereocenters. The van der Waals surface area contributed by atoms with E-state index >= 15 is 0 Å². The second-order valence-electron chi connectivity index (χ2n) is 2.49. The van der Waals surface area contributed by atoms with Crippen LogP contribution in [0.2, 0.25) is 0 Å². The first-order valence-electron chi connectivity index (χ1n) is 3.43. The van der Waals surface area contributed by atoms with Gasteiger partial charge in [-0.2, -0.15) is 18.4 Å². The summed E-state index contributed by atoms with van der Waals surface area (Å²) in [5.41, 5.74) is 3.20. The summed E-state index contributed by atoms with van der Waals surface area (Å²) < 4.78 is 37.4. The van der Waals surface area contributed by atoms with Gasteiger partial charge in [0.05, 0.1) is 22.9 Å². The molecule has 0 amide bonds. The van der Waals surface area contributed by atoms with Crippen molar-refractivity contribution < 1.29 is 13.2 Å². The number of nitriles is 1. The van der Waals surface area contributed by atoms with E-state index in [-0.39, 0.29) is 4.47 Å². The third-order valence-corrected chi connectivity index (χ3v) is 2.29. The largest absolute Gasteiger partial charge is 0.419 e. The van der Waals surface area contributed by atoms with E-state index < -0.39 is 23.0 Å². The molecule has 0 aliphatic heterocycles. The summed E-state index contributed by atoms with van der Waals surface area (Å²) in [6.07, 6.45) is -4.61. The maximum Gasteiger partial charge on any atom is 0.419 e. The van der Waals surface area contributed by atoms with E-state index in [0.717, 1.165) is 6.07 Å². The van der Waals surface area contributed by atoms with Crippen molar-refractivity contribution >= 4 is 21.6 Å². The van der Waals surface area contributed by atoms with Gasteiger partial charge in [-0.1, -0.05) is 0 Å². The van der Waals surface area contributed by atoms with Crippen molar-refractivity contribution in [3.05, 3.63) is 27.7 Å². The molecule has 0 fully saturated rings. The second kappa shape index (κ2) is 3.50. The molecule has 0 spiro atoms. The van der Waals surface area contributed by atoms with Gasteiger partial charge in [-0.15, -0.1) is 0 Å². The van der Waals surface area contributed by atoms with Crippen LogP contribution >= 0.6 is 15.9 Å². The molecule has 0 aromatic heterocycles. The fourth-order valence-corrected chi connectivity index (χ4v) is 1.32. The third kappa shape index (κ3) is 1.82. The van der Waals surface area contributed by atoms with E-state index in [1.165, 1.54) is 12.1 Å². The quantitative estimate of drug-likeness (QED) is 0.733. The minimum Gasteiger partial charge on any atom is -0.397 e. The summed E-state index contributed by atoms with van der Waals surface area (Å²) >= 11 is 2.87. The molecule has 2 nitrogen and oxygen atoms in total. The van der Waals surface area contributed by atoms with Crippen molar-refractivity contribution in [3.63, 3.8) is 0 Å². The summed E-state index contributed by atoms with van der Waals surface area (Å²) in [6.45, 7) is 0. The second-order valence-corrected chi connectivity index (χ2v) is 3.35. The molecule has 0 heterocycles. The molecule has 2 N–H and O–H groups in total. The first-order chi connectivity index (χ1) is 6.38. The van der Waals surface area contributed by atoms with Crippen LogP contribution in [0.3, 0.4) is 0 Å². The van der Waals surface area contributed by atoms with Crippen molar-refractivity contribution in [2.45, 2.75) is 6.18 Å². The molecular formula is C8H4BrF3N2. The molecule has 0 bridgehead atoms. The number of halogens is 4. The van der Waals surface area contributed by atoms with Crippen molar-refractivity contribution in [3.8, 4) is 6.07 Å². The molecule has 1 aromatic carbocycles. The van der Waals surface area contributed by atoms with Gasteiger partial charge < -0.3 is 5.73 Å². The van der Waals surface area contributed by atoms with Crippen molar-refractivity contribution in [1.82, 2.24) is 0 Å². The molecule has 0 aliphatic carbocycles. The fourth-order valence-electron chi connectivity index (χ4n) is 0.993. The highest BCUT2D eigenvalue weighted by molar-refractivity contribution is 9.10. The first kappa shape index (κ1) is 10.9. The number of nitrogen functional groups attached to an aromatic ring is 1. The van der Waals surface area contributed by atoms with Crippen LogP contribution in [0.25, 0.3) is 0 Å². The lowest BCUT2D eigenvalue weighted by Crippen LogP contribution is -2.11. The standard InChI is InChI=1S/C8H4BrF3N2/c9-5-2-1-4(3-13)6(7(5)14)8(10,11)12/h1-2H,14H2. The number of alkyl halides is 3. The topological polar surface area (TPSA) is 49.8 Å². The average molecular weight is 265 g/mol. The lowest BCUT2D eigenvalue weighted by molar-refractivity contribution is -0.137. The molecule has 0 radical (unpaired) electrons. The summed E-state index contributed by atoms with van der Waals surface area (Å²) in [7, 11) is 0. The predicted molar refractivity (Wildman–Crippen MR) is 48.3 cm³/mol. The molecule has 0 aliphatic rings. The maximum absolute atomic E-state index is 12.4. The Morgan fingerprint density at radius 1 is 1.36 bits per heavy atom. The number of nitrogens with two attached hydrogens (primary N) is 1. The van der Waals surface area contributed by atoms with Gasteiger partial charge in [0.2, 0.25) is 0 Å². The minimum absolute atomic E-state index is 0.129. The number of rotatable bonds is 0. The van der Waals surface area contributed by atoms with E-state index in [0.29, 0.717) is 0 Å². The molecular weight excluding hydrogens is 261 g/mol. The summed E-state index contributed by atoms with van der Waals surface area (Å²) in [6, 6.07) is 3.83. The van der Waals surface area contributed by atoms with Crippen LogP contribution in [0.5, 0.6) is 0 Å². The van der Waals surface area contributed by atoms with Crippen LogP contribution in [0.15, 0.2) is 16.6 Å². The Hall–Kier alpha value is -1.22. The summed E-state index contributed by atoms with van der Waals surface area (Å²) in [5, 5.41) is 8.48. The number of nitrogens with zero attached hydrogens (tertiary/aromatic N) is 1. The lowest BCUT2D eigenvalue weighted by Gasteiger charge is -2.12. The molecule has 1 aromatic rings. The molecule has 6 heteroatoms. The smallest absolute Gasteiger partial charge is 0.397 e. The van der Waals surface area contributed by atoms with E-state index in [4.69, 9.17) is 11.0 Å². The normalized spacial score (nSPS) is 11.1. The van der Waals surface area contributed by atoms with Crippen molar-refractivity contribution in [2.75, 3.05) is 5.73 Å². The number of anilines is 1. The van der Waals surface area contributed by atoms with Gasteiger partial charge in [0.15, 0.2) is 0 Å². The highest BCUT2D eigenvalue weighted by atomic mass is 79.9. The van der Waals surface area contributed by atoms with E-state index in [1.807, 2.05) is 0 Å². The Morgan fingerprint density at radius 3 is 2.36 bits per heavy atom. The fraction of sp³-hybridized carbons (Fsp3) is 0.125. The van der Waals surface area contributed by atoms with Crippen LogP contribution in [0, 0.1) is 11.3 Å². The third-order valence-electron chi connectivity index (χ3n) is 1.60. The zero-order valence-corrected chi connectivity index (χ0v) is 8.28. The first-order valence-corrected chi connectivity index (χ1v) is 4.22. The van der Waals surface area contributed by atoms with Gasteiger partial charge in [-0.05, 0) is 28.1 Å². The predicted octanol–water partition coefficient (Wildman–Crippen LogP) is 2.92. The molecule has 1 rings (SSSR count). The van der Waals surface area contributed by atoms with Gasteiger partial charge >= 0.3 is 6.18 Å².